The summed E-state index contributed by atoms with van der Waals surface area (Å²) in [6, 6.07) is 103. The van der Waals surface area contributed by atoms with Gasteiger partial charge in [0.1, 0.15) is 28.1 Å². The molecular formula is C76H48N2O3. The second-order valence-corrected chi connectivity index (χ2v) is 20.8. The highest BCUT2D eigenvalue weighted by Crippen LogP contribution is 2.55. The van der Waals surface area contributed by atoms with Crippen molar-refractivity contribution < 1.29 is 13.6 Å². The summed E-state index contributed by atoms with van der Waals surface area (Å²) in [7, 11) is 0. The summed E-state index contributed by atoms with van der Waals surface area (Å²) in [6.45, 7) is 0. The highest BCUT2D eigenvalue weighted by Gasteiger charge is 2.28. The fourth-order valence-electron chi connectivity index (χ4n) is 12.2. The number of hydrogen-bond acceptors (Lipinski definition) is 5. The Labute approximate surface area is 468 Å². The van der Waals surface area contributed by atoms with Gasteiger partial charge in [-0.25, -0.2) is 0 Å². The van der Waals surface area contributed by atoms with E-state index in [0.717, 1.165) is 145 Å². The standard InChI is InChI=1S/C76H48N2O3/c1-3-14-49(15-4-1)51-28-37-56(38-29-51)77(57-41-32-53(33-42-57)61-21-12-24-66-63-19-7-9-26-70(63)79-74(61)66)60-45-47-72-68(48-60)65-23-11-18-55-36-46-69(76(81-72)73(55)65)78(58-39-30-52(31-40-58)50-16-5-2-6-17-50)59-43-34-54(35-44-59)62-22-13-25-67-64-20-8-10-27-71(64)80-75(62)67/h1-48H. The van der Waals surface area contributed by atoms with Crippen molar-refractivity contribution in [3.8, 4) is 67.1 Å². The van der Waals surface area contributed by atoms with Crippen LogP contribution in [0.4, 0.5) is 34.1 Å². The van der Waals surface area contributed by atoms with Gasteiger partial charge in [-0.05, 0) is 129 Å². The van der Waals surface area contributed by atoms with Gasteiger partial charge in [-0.2, -0.15) is 0 Å². The topological polar surface area (TPSA) is 42.0 Å². The number of nitrogens with zero attached hydrogens (tertiary/aromatic N) is 2. The molecule has 0 bridgehead atoms. The molecule has 15 aromatic rings. The minimum absolute atomic E-state index is 0.786. The number of benzene rings is 13. The lowest BCUT2D eigenvalue weighted by molar-refractivity contribution is 0.488. The summed E-state index contributed by atoms with van der Waals surface area (Å²) < 4.78 is 20.3. The van der Waals surface area contributed by atoms with Gasteiger partial charge < -0.3 is 23.4 Å². The number of anilines is 6. The van der Waals surface area contributed by atoms with E-state index in [0.29, 0.717) is 0 Å². The fourth-order valence-corrected chi connectivity index (χ4v) is 12.2. The van der Waals surface area contributed by atoms with Crippen LogP contribution in [0.5, 0.6) is 11.5 Å². The van der Waals surface area contributed by atoms with Crippen molar-refractivity contribution in [2.45, 2.75) is 0 Å². The molecule has 0 amide bonds. The molecule has 0 unspecified atom stereocenters. The third-order valence-corrected chi connectivity index (χ3v) is 16.1. The molecule has 13 aromatic carbocycles. The molecule has 1 aliphatic rings. The smallest absolute Gasteiger partial charge is 0.159 e. The maximum atomic E-state index is 7.32. The molecule has 1 aliphatic heterocycles. The molecule has 0 saturated heterocycles. The molecule has 0 fully saturated rings. The Morgan fingerprint density at radius 3 is 1.21 bits per heavy atom. The fraction of sp³-hybridized carbons (Fsp3) is 0. The van der Waals surface area contributed by atoms with Gasteiger partial charge in [0.2, 0.25) is 0 Å². The van der Waals surface area contributed by atoms with Gasteiger partial charge in [0.05, 0.1) is 5.69 Å². The first-order valence-electron chi connectivity index (χ1n) is 27.5. The predicted octanol–water partition coefficient (Wildman–Crippen LogP) is 22.0. The zero-order valence-corrected chi connectivity index (χ0v) is 43.8. The molecule has 5 nitrogen and oxygen atoms in total. The average molecular weight is 1040 g/mol. The minimum atomic E-state index is 0.786. The van der Waals surface area contributed by atoms with E-state index < -0.39 is 0 Å². The number of rotatable bonds is 10. The second-order valence-electron chi connectivity index (χ2n) is 20.8. The number of fused-ring (bicyclic) bond motifs is 8. The molecule has 0 saturated carbocycles. The molecule has 0 N–H and O–H groups in total. The van der Waals surface area contributed by atoms with Crippen molar-refractivity contribution in [3.63, 3.8) is 0 Å². The van der Waals surface area contributed by atoms with Gasteiger partial charge in [0.15, 0.2) is 5.75 Å². The van der Waals surface area contributed by atoms with Gasteiger partial charge in [-0.1, -0.05) is 206 Å². The first-order valence-corrected chi connectivity index (χ1v) is 27.5. The van der Waals surface area contributed by atoms with E-state index >= 15 is 0 Å². The number of hydrogen-bond donors (Lipinski definition) is 0. The number of para-hydroxylation sites is 4. The maximum Gasteiger partial charge on any atom is 0.159 e. The van der Waals surface area contributed by atoms with Crippen molar-refractivity contribution in [2.24, 2.45) is 0 Å². The lowest BCUT2D eigenvalue weighted by Crippen LogP contribution is -2.13. The Morgan fingerprint density at radius 2 is 0.679 bits per heavy atom. The lowest BCUT2D eigenvalue weighted by Gasteiger charge is -2.32. The minimum Gasteiger partial charge on any atom is -0.455 e. The van der Waals surface area contributed by atoms with E-state index in [1.165, 1.54) is 11.1 Å². The van der Waals surface area contributed by atoms with Crippen LogP contribution in [-0.2, 0) is 0 Å². The first kappa shape index (κ1) is 46.2. The van der Waals surface area contributed by atoms with Crippen LogP contribution in [-0.4, -0.2) is 0 Å². The largest absolute Gasteiger partial charge is 0.455 e. The zero-order chi connectivity index (χ0) is 53.4. The van der Waals surface area contributed by atoms with Crippen LogP contribution in [0.2, 0.25) is 0 Å². The molecule has 0 spiro atoms. The quantitative estimate of drug-likeness (QED) is 0.137. The zero-order valence-electron chi connectivity index (χ0n) is 43.8. The average Bonchev–Trinajstić information content (AvgIpc) is 4.27. The summed E-state index contributed by atoms with van der Waals surface area (Å²) in [6.07, 6.45) is 0. The van der Waals surface area contributed by atoms with Gasteiger partial charge in [0.25, 0.3) is 0 Å². The Bertz CT molecular complexity index is 4870. The molecule has 0 atom stereocenters. The Balaban J connectivity index is 0.814. The molecule has 380 valence electrons. The van der Waals surface area contributed by atoms with Crippen LogP contribution in [0.25, 0.3) is 110 Å². The van der Waals surface area contributed by atoms with Crippen molar-refractivity contribution >= 4 is 88.8 Å². The molecule has 2 aromatic heterocycles. The SMILES string of the molecule is c1ccc(-c2ccc(N(c3ccc(-c4cccc5c4oc4ccccc45)cc3)c3ccc4c(c3)-c3cccc5ccc(N(c6ccc(-c7ccccc7)cc6)c6ccc(-c7cccc8c7oc7ccccc78)cc6)c(c35)O4)cc2)cc1. The molecule has 0 aliphatic carbocycles. The third kappa shape index (κ3) is 7.85. The summed E-state index contributed by atoms with van der Waals surface area (Å²) >= 11 is 0. The van der Waals surface area contributed by atoms with Crippen LogP contribution in [0.15, 0.2) is 300 Å². The molecule has 16 rings (SSSR count). The number of furan rings is 2. The summed E-state index contributed by atoms with van der Waals surface area (Å²) in [5.41, 5.74) is 20.6. The highest BCUT2D eigenvalue weighted by atomic mass is 16.5. The third-order valence-electron chi connectivity index (χ3n) is 16.1. The van der Waals surface area contributed by atoms with E-state index in [-0.39, 0.29) is 0 Å². The second kappa shape index (κ2) is 18.9. The van der Waals surface area contributed by atoms with Crippen LogP contribution in [0.1, 0.15) is 0 Å². The summed E-state index contributed by atoms with van der Waals surface area (Å²) in [5, 5.41) is 6.61. The van der Waals surface area contributed by atoms with Crippen LogP contribution < -0.4 is 14.5 Å². The van der Waals surface area contributed by atoms with Crippen molar-refractivity contribution in [3.05, 3.63) is 291 Å². The highest BCUT2D eigenvalue weighted by molar-refractivity contribution is 6.12. The van der Waals surface area contributed by atoms with E-state index in [9.17, 15) is 0 Å². The molecule has 0 radical (unpaired) electrons. The predicted molar refractivity (Wildman–Crippen MR) is 335 cm³/mol. The summed E-state index contributed by atoms with van der Waals surface area (Å²) in [4.78, 5) is 4.66. The van der Waals surface area contributed by atoms with Crippen molar-refractivity contribution in [1.82, 2.24) is 0 Å². The Hall–Kier alpha value is -10.9. The van der Waals surface area contributed by atoms with E-state index in [1.807, 2.05) is 24.3 Å². The monoisotopic (exact) mass is 1040 g/mol. The first-order chi connectivity index (χ1) is 40.1. The van der Waals surface area contributed by atoms with Crippen molar-refractivity contribution in [2.75, 3.05) is 9.80 Å². The van der Waals surface area contributed by atoms with Crippen LogP contribution in [0.3, 0.4) is 0 Å². The Morgan fingerprint density at radius 1 is 0.259 bits per heavy atom. The van der Waals surface area contributed by atoms with Gasteiger partial charge in [-0.3, -0.25) is 0 Å². The van der Waals surface area contributed by atoms with Gasteiger partial charge >= 0.3 is 0 Å². The molecular weight excluding hydrogens is 989 g/mol. The molecule has 81 heavy (non-hydrogen) atoms. The lowest BCUT2D eigenvalue weighted by atomic mass is 9.93. The van der Waals surface area contributed by atoms with E-state index in [1.54, 1.807) is 0 Å². The van der Waals surface area contributed by atoms with Gasteiger partial charge in [0, 0.05) is 72.1 Å². The van der Waals surface area contributed by atoms with E-state index in [2.05, 4.69) is 277 Å². The number of ether oxygens (including phenoxy) is 1. The van der Waals surface area contributed by atoms with Crippen LogP contribution >= 0.6 is 0 Å². The Kier molecular flexibility index (Phi) is 10.8. The van der Waals surface area contributed by atoms with Crippen LogP contribution in [0, 0.1) is 0 Å². The molecule has 3 heterocycles. The normalized spacial score (nSPS) is 11.8. The van der Waals surface area contributed by atoms with Gasteiger partial charge in [-0.15, -0.1) is 0 Å². The maximum absolute atomic E-state index is 7.32. The summed E-state index contributed by atoms with van der Waals surface area (Å²) in [5.74, 6) is 1.59. The molecule has 5 heteroatoms. The van der Waals surface area contributed by atoms with E-state index in [4.69, 9.17) is 13.6 Å². The van der Waals surface area contributed by atoms with Crippen molar-refractivity contribution in [1.29, 1.82) is 0 Å².